The van der Waals surface area contributed by atoms with Gasteiger partial charge in [-0.3, -0.25) is 4.79 Å². The van der Waals surface area contributed by atoms with Crippen molar-refractivity contribution in [3.63, 3.8) is 0 Å². The molecule has 3 rings (SSSR count). The Morgan fingerprint density at radius 3 is 2.50 bits per heavy atom. The molecule has 1 fully saturated rings. The van der Waals surface area contributed by atoms with E-state index in [1.807, 2.05) is 4.90 Å². The topological polar surface area (TPSA) is 46.3 Å². The normalized spacial score (nSPS) is 23.0. The highest BCUT2D eigenvalue weighted by Gasteiger charge is 2.35. The van der Waals surface area contributed by atoms with Crippen molar-refractivity contribution in [2.45, 2.75) is 65.7 Å². The molecule has 1 aromatic heterocycles. The van der Waals surface area contributed by atoms with Crippen molar-refractivity contribution >= 4 is 5.91 Å². The van der Waals surface area contributed by atoms with E-state index in [2.05, 4.69) is 25.9 Å². The maximum atomic E-state index is 12.8. The second kappa shape index (κ2) is 6.05. The zero-order valence-electron chi connectivity index (χ0n) is 14.2. The van der Waals surface area contributed by atoms with E-state index >= 15 is 0 Å². The van der Waals surface area contributed by atoms with Gasteiger partial charge in [-0.15, -0.1) is 0 Å². The van der Waals surface area contributed by atoms with Gasteiger partial charge in [-0.1, -0.05) is 38.8 Å². The third kappa shape index (κ3) is 3.06. The summed E-state index contributed by atoms with van der Waals surface area (Å²) in [7, 11) is 0. The Morgan fingerprint density at radius 1 is 1.18 bits per heavy atom. The second-order valence-corrected chi connectivity index (χ2v) is 7.95. The molecule has 0 radical (unpaired) electrons. The van der Waals surface area contributed by atoms with E-state index in [0.29, 0.717) is 11.6 Å². The van der Waals surface area contributed by atoms with E-state index in [9.17, 15) is 4.79 Å². The van der Waals surface area contributed by atoms with Gasteiger partial charge >= 0.3 is 0 Å². The highest BCUT2D eigenvalue weighted by molar-refractivity contribution is 5.94. The second-order valence-electron chi connectivity index (χ2n) is 7.95. The van der Waals surface area contributed by atoms with Gasteiger partial charge in [-0.05, 0) is 37.0 Å². The van der Waals surface area contributed by atoms with Crippen LogP contribution in [0.25, 0.3) is 0 Å². The Morgan fingerprint density at radius 2 is 1.86 bits per heavy atom. The maximum Gasteiger partial charge on any atom is 0.276 e. The number of likely N-dealkylation sites (tertiary alicyclic amines) is 1. The SMILES string of the molecule is CC(C)(C)C1CCc2onc(C(=O)N3CCCCCC3)c2C1. The summed E-state index contributed by atoms with van der Waals surface area (Å²) in [6.07, 6.45) is 7.64. The van der Waals surface area contributed by atoms with Crippen LogP contribution in [-0.4, -0.2) is 29.1 Å². The van der Waals surface area contributed by atoms with Crippen LogP contribution in [0.4, 0.5) is 0 Å². The van der Waals surface area contributed by atoms with Crippen molar-refractivity contribution in [3.05, 3.63) is 17.0 Å². The number of aryl methyl sites for hydroxylation is 1. The summed E-state index contributed by atoms with van der Waals surface area (Å²) in [6, 6.07) is 0. The molecule has 0 N–H and O–H groups in total. The van der Waals surface area contributed by atoms with Crippen LogP contribution < -0.4 is 0 Å². The Hall–Kier alpha value is -1.32. The standard InChI is InChI=1S/C18H28N2O2/c1-18(2,3)13-8-9-15-14(12-13)16(19-22-15)17(21)20-10-6-4-5-7-11-20/h13H,4-12H2,1-3H3. The van der Waals surface area contributed by atoms with Crippen molar-refractivity contribution in [3.8, 4) is 0 Å². The largest absolute Gasteiger partial charge is 0.360 e. The molecule has 22 heavy (non-hydrogen) atoms. The van der Waals surface area contributed by atoms with Crippen molar-refractivity contribution in [2.75, 3.05) is 13.1 Å². The van der Waals surface area contributed by atoms with Crippen molar-refractivity contribution < 1.29 is 9.32 Å². The summed E-state index contributed by atoms with van der Waals surface area (Å²) in [5, 5.41) is 4.15. The summed E-state index contributed by atoms with van der Waals surface area (Å²) in [4.78, 5) is 14.8. The number of rotatable bonds is 1. The predicted octanol–water partition coefficient (Wildman–Crippen LogP) is 3.84. The molecule has 1 aliphatic heterocycles. The molecule has 0 bridgehead atoms. The van der Waals surface area contributed by atoms with Crippen LogP contribution in [0.1, 0.15) is 74.7 Å². The van der Waals surface area contributed by atoms with Crippen LogP contribution >= 0.6 is 0 Å². The lowest BCUT2D eigenvalue weighted by atomic mass is 9.71. The van der Waals surface area contributed by atoms with Crippen LogP contribution in [0.15, 0.2) is 4.52 Å². The van der Waals surface area contributed by atoms with E-state index in [4.69, 9.17) is 4.52 Å². The van der Waals surface area contributed by atoms with Gasteiger partial charge in [0.15, 0.2) is 5.69 Å². The van der Waals surface area contributed by atoms with Gasteiger partial charge < -0.3 is 9.42 Å². The Balaban J connectivity index is 1.81. The molecular weight excluding hydrogens is 276 g/mol. The number of nitrogens with zero attached hydrogens (tertiary/aromatic N) is 2. The summed E-state index contributed by atoms with van der Waals surface area (Å²) >= 11 is 0. The lowest BCUT2D eigenvalue weighted by Crippen LogP contribution is -2.34. The molecule has 2 heterocycles. The first-order chi connectivity index (χ1) is 10.5. The molecular formula is C18H28N2O2. The van der Waals surface area contributed by atoms with E-state index in [1.54, 1.807) is 0 Å². The number of carbonyl (C=O) groups excluding carboxylic acids is 1. The number of fused-ring (bicyclic) bond motifs is 1. The lowest BCUT2D eigenvalue weighted by Gasteiger charge is -2.33. The lowest BCUT2D eigenvalue weighted by molar-refractivity contribution is 0.0749. The molecule has 4 heteroatoms. The minimum Gasteiger partial charge on any atom is -0.360 e. The van der Waals surface area contributed by atoms with Gasteiger partial charge in [0.1, 0.15) is 5.76 Å². The maximum absolute atomic E-state index is 12.8. The number of amides is 1. The Labute approximate surface area is 133 Å². The highest BCUT2D eigenvalue weighted by Crippen LogP contribution is 2.38. The Kier molecular flexibility index (Phi) is 4.28. The van der Waals surface area contributed by atoms with Crippen LogP contribution in [0.3, 0.4) is 0 Å². The van der Waals surface area contributed by atoms with Gasteiger partial charge in [0.2, 0.25) is 0 Å². The van der Waals surface area contributed by atoms with Crippen molar-refractivity contribution in [1.29, 1.82) is 0 Å². The molecule has 1 aliphatic carbocycles. The molecule has 1 atom stereocenters. The van der Waals surface area contributed by atoms with Crippen molar-refractivity contribution in [2.24, 2.45) is 11.3 Å². The average molecular weight is 304 g/mol. The first-order valence-corrected chi connectivity index (χ1v) is 8.73. The number of carbonyl (C=O) groups is 1. The van der Waals surface area contributed by atoms with E-state index in [1.165, 1.54) is 12.8 Å². The molecule has 0 aromatic carbocycles. The fourth-order valence-electron chi connectivity index (χ4n) is 3.73. The van der Waals surface area contributed by atoms with Crippen LogP contribution in [0.2, 0.25) is 0 Å². The van der Waals surface area contributed by atoms with Crippen molar-refractivity contribution in [1.82, 2.24) is 10.1 Å². The molecule has 2 aliphatic rings. The fourth-order valence-corrected chi connectivity index (χ4v) is 3.73. The van der Waals surface area contributed by atoms with Gasteiger partial charge in [-0.25, -0.2) is 0 Å². The monoisotopic (exact) mass is 304 g/mol. The minimum atomic E-state index is 0.0847. The van der Waals surface area contributed by atoms with Crippen LogP contribution in [0, 0.1) is 11.3 Å². The molecule has 1 amide bonds. The zero-order valence-corrected chi connectivity index (χ0v) is 14.2. The van der Waals surface area contributed by atoms with Gasteiger partial charge in [-0.2, -0.15) is 0 Å². The third-order valence-electron chi connectivity index (χ3n) is 5.36. The van der Waals surface area contributed by atoms with Crippen LogP contribution in [-0.2, 0) is 12.8 Å². The Bertz CT molecular complexity index is 534. The minimum absolute atomic E-state index is 0.0847. The van der Waals surface area contributed by atoms with E-state index in [-0.39, 0.29) is 11.3 Å². The number of aromatic nitrogens is 1. The average Bonchev–Trinajstić information content (AvgIpc) is 2.70. The summed E-state index contributed by atoms with van der Waals surface area (Å²) in [6.45, 7) is 8.58. The summed E-state index contributed by atoms with van der Waals surface area (Å²) in [5.41, 5.74) is 1.93. The van der Waals surface area contributed by atoms with E-state index in [0.717, 1.165) is 56.5 Å². The number of hydrogen-bond donors (Lipinski definition) is 0. The molecule has 122 valence electrons. The molecule has 0 saturated carbocycles. The van der Waals surface area contributed by atoms with Gasteiger partial charge in [0.05, 0.1) is 0 Å². The zero-order chi connectivity index (χ0) is 15.7. The fraction of sp³-hybridized carbons (Fsp3) is 0.778. The highest BCUT2D eigenvalue weighted by atomic mass is 16.5. The van der Waals surface area contributed by atoms with Gasteiger partial charge in [0.25, 0.3) is 5.91 Å². The summed E-state index contributed by atoms with van der Waals surface area (Å²) < 4.78 is 5.49. The first kappa shape index (κ1) is 15.6. The summed E-state index contributed by atoms with van der Waals surface area (Å²) in [5.74, 6) is 1.62. The van der Waals surface area contributed by atoms with Crippen LogP contribution in [0.5, 0.6) is 0 Å². The number of hydrogen-bond acceptors (Lipinski definition) is 3. The smallest absolute Gasteiger partial charge is 0.276 e. The molecule has 0 spiro atoms. The van der Waals surface area contributed by atoms with E-state index < -0.39 is 0 Å². The molecule has 1 saturated heterocycles. The molecule has 1 unspecified atom stereocenters. The molecule has 1 aromatic rings. The quantitative estimate of drug-likeness (QED) is 0.792. The predicted molar refractivity (Wildman–Crippen MR) is 85.8 cm³/mol. The first-order valence-electron chi connectivity index (χ1n) is 8.73. The third-order valence-corrected chi connectivity index (χ3v) is 5.36. The van der Waals surface area contributed by atoms with Gasteiger partial charge in [0, 0.05) is 25.1 Å². The molecule has 4 nitrogen and oxygen atoms in total.